The van der Waals surface area contributed by atoms with Crippen molar-refractivity contribution in [1.82, 2.24) is 0 Å². The fourth-order valence-electron chi connectivity index (χ4n) is 2.10. The van der Waals surface area contributed by atoms with Crippen LogP contribution < -0.4 is 10.1 Å². The number of ether oxygens (including phenoxy) is 1. The predicted octanol–water partition coefficient (Wildman–Crippen LogP) is 3.07. The Bertz CT molecular complexity index is 468. The maximum absolute atomic E-state index is 5.82. The van der Waals surface area contributed by atoms with Gasteiger partial charge >= 0.3 is 0 Å². The van der Waals surface area contributed by atoms with Gasteiger partial charge in [0.25, 0.3) is 0 Å². The normalized spacial score (nSPS) is 18.5. The minimum atomic E-state index is 0.392. The van der Waals surface area contributed by atoms with Gasteiger partial charge in [-0.25, -0.2) is 0 Å². The van der Waals surface area contributed by atoms with Crippen molar-refractivity contribution in [3.8, 4) is 5.75 Å². The number of hydrogen-bond acceptors (Lipinski definition) is 2. The van der Waals surface area contributed by atoms with Crippen LogP contribution in [0.15, 0.2) is 48.5 Å². The van der Waals surface area contributed by atoms with Crippen molar-refractivity contribution in [2.24, 2.45) is 0 Å². The van der Waals surface area contributed by atoms with Gasteiger partial charge in [0.15, 0.2) is 0 Å². The summed E-state index contributed by atoms with van der Waals surface area (Å²) in [4.78, 5) is 0. The molecular formula is C15H14NO. The Hall–Kier alpha value is -1.96. The molecule has 1 atom stereocenters. The molecule has 1 aliphatic heterocycles. The lowest BCUT2D eigenvalue weighted by Crippen LogP contribution is -2.15. The zero-order chi connectivity index (χ0) is 11.5. The van der Waals surface area contributed by atoms with Crippen LogP contribution in [0.5, 0.6) is 5.75 Å². The van der Waals surface area contributed by atoms with Crippen LogP contribution in [-0.2, 0) is 0 Å². The van der Waals surface area contributed by atoms with Gasteiger partial charge < -0.3 is 10.1 Å². The number of rotatable bonds is 1. The van der Waals surface area contributed by atoms with E-state index in [0.717, 1.165) is 18.0 Å². The molecule has 2 aromatic carbocycles. The Morgan fingerprint density at radius 1 is 1.18 bits per heavy atom. The molecule has 17 heavy (non-hydrogen) atoms. The summed E-state index contributed by atoms with van der Waals surface area (Å²) in [5.74, 6) is 1.29. The third-order valence-corrected chi connectivity index (χ3v) is 3.08. The molecule has 2 heteroatoms. The summed E-state index contributed by atoms with van der Waals surface area (Å²) >= 11 is 0. The minimum Gasteiger partial charge on any atom is -0.491 e. The molecule has 0 aromatic heterocycles. The molecule has 0 saturated carbocycles. The molecule has 2 nitrogen and oxygen atoms in total. The lowest BCUT2D eigenvalue weighted by molar-refractivity contribution is 0.301. The number of anilines is 1. The van der Waals surface area contributed by atoms with Gasteiger partial charge in [0, 0.05) is 12.5 Å². The molecule has 2 aromatic rings. The summed E-state index contributed by atoms with van der Waals surface area (Å²) in [6, 6.07) is 19.3. The highest BCUT2D eigenvalue weighted by Crippen LogP contribution is 2.29. The lowest BCUT2D eigenvalue weighted by atomic mass is 10.0. The van der Waals surface area contributed by atoms with Gasteiger partial charge in [-0.05, 0) is 23.8 Å². The van der Waals surface area contributed by atoms with Gasteiger partial charge in [0.1, 0.15) is 5.75 Å². The first kappa shape index (κ1) is 10.2. The molecule has 1 heterocycles. The average Bonchev–Trinajstić information content (AvgIpc) is 2.62. The monoisotopic (exact) mass is 224 g/mol. The molecule has 1 radical (unpaired) electrons. The molecule has 85 valence electrons. The van der Waals surface area contributed by atoms with Crippen molar-refractivity contribution in [3.63, 3.8) is 0 Å². The summed E-state index contributed by atoms with van der Waals surface area (Å²) in [7, 11) is 0. The van der Waals surface area contributed by atoms with Gasteiger partial charge in [-0.1, -0.05) is 36.4 Å². The third-order valence-electron chi connectivity index (χ3n) is 3.08. The van der Waals surface area contributed by atoms with Crippen molar-refractivity contribution in [3.05, 3.63) is 60.2 Å². The summed E-state index contributed by atoms with van der Waals surface area (Å²) in [6.07, 6.45) is 0. The van der Waals surface area contributed by atoms with Crippen LogP contribution in [0.25, 0.3) is 0 Å². The second-order valence-corrected chi connectivity index (χ2v) is 4.22. The molecule has 3 rings (SSSR count). The van der Waals surface area contributed by atoms with E-state index in [1.807, 2.05) is 24.3 Å². The first-order chi connectivity index (χ1) is 8.43. The topological polar surface area (TPSA) is 21.3 Å². The largest absolute Gasteiger partial charge is 0.491 e. The first-order valence-electron chi connectivity index (χ1n) is 5.85. The number of fused-ring (bicyclic) bond motifs is 1. The van der Waals surface area contributed by atoms with Crippen LogP contribution in [0.4, 0.5) is 5.69 Å². The van der Waals surface area contributed by atoms with E-state index in [0.29, 0.717) is 12.5 Å². The van der Waals surface area contributed by atoms with Crippen LogP contribution in [0.3, 0.4) is 0 Å². The van der Waals surface area contributed by atoms with E-state index in [1.54, 1.807) is 0 Å². The fraction of sp³-hybridized carbons (Fsp3) is 0.200. The van der Waals surface area contributed by atoms with Gasteiger partial charge in [-0.15, -0.1) is 0 Å². The van der Waals surface area contributed by atoms with Crippen LogP contribution in [0.1, 0.15) is 11.5 Å². The lowest BCUT2D eigenvalue weighted by Gasteiger charge is -2.14. The third kappa shape index (κ3) is 2.11. The molecule has 0 fully saturated rings. The average molecular weight is 224 g/mol. The number of benzene rings is 2. The summed E-state index contributed by atoms with van der Waals surface area (Å²) in [5.41, 5.74) is 2.37. The van der Waals surface area contributed by atoms with E-state index in [-0.39, 0.29) is 0 Å². The van der Waals surface area contributed by atoms with Gasteiger partial charge in [-0.3, -0.25) is 0 Å². The van der Waals surface area contributed by atoms with Crippen molar-refractivity contribution in [2.75, 3.05) is 18.5 Å². The highest BCUT2D eigenvalue weighted by atomic mass is 16.5. The second-order valence-electron chi connectivity index (χ2n) is 4.22. The molecule has 1 unspecified atom stereocenters. The zero-order valence-electron chi connectivity index (χ0n) is 9.52. The van der Waals surface area contributed by atoms with Crippen LogP contribution in [-0.4, -0.2) is 13.2 Å². The van der Waals surface area contributed by atoms with Crippen LogP contribution >= 0.6 is 0 Å². The zero-order valence-corrected chi connectivity index (χ0v) is 9.52. The van der Waals surface area contributed by atoms with E-state index >= 15 is 0 Å². The molecular weight excluding hydrogens is 210 g/mol. The van der Waals surface area contributed by atoms with E-state index < -0.39 is 0 Å². The van der Waals surface area contributed by atoms with Gasteiger partial charge in [0.05, 0.1) is 12.3 Å². The van der Waals surface area contributed by atoms with Crippen molar-refractivity contribution in [2.45, 2.75) is 5.92 Å². The van der Waals surface area contributed by atoms with Crippen LogP contribution in [0.2, 0.25) is 0 Å². The van der Waals surface area contributed by atoms with Crippen LogP contribution in [0, 0.1) is 6.07 Å². The molecule has 0 amide bonds. The highest BCUT2D eigenvalue weighted by molar-refractivity contribution is 5.56. The molecule has 0 bridgehead atoms. The maximum Gasteiger partial charge on any atom is 0.143 e. The van der Waals surface area contributed by atoms with E-state index in [9.17, 15) is 0 Å². The molecule has 1 N–H and O–H groups in total. The fourth-order valence-corrected chi connectivity index (χ4v) is 2.10. The smallest absolute Gasteiger partial charge is 0.143 e. The van der Waals surface area contributed by atoms with Gasteiger partial charge in [0.2, 0.25) is 0 Å². The molecule has 0 spiro atoms. The summed E-state index contributed by atoms with van der Waals surface area (Å²) in [6.45, 7) is 1.61. The number of hydrogen-bond donors (Lipinski definition) is 1. The predicted molar refractivity (Wildman–Crippen MR) is 68.4 cm³/mol. The summed E-state index contributed by atoms with van der Waals surface area (Å²) < 4.78 is 5.82. The van der Waals surface area contributed by atoms with Gasteiger partial charge in [-0.2, -0.15) is 0 Å². The quantitative estimate of drug-likeness (QED) is 0.803. The van der Waals surface area contributed by atoms with E-state index in [2.05, 4.69) is 35.6 Å². The van der Waals surface area contributed by atoms with E-state index in [1.165, 1.54) is 5.56 Å². The van der Waals surface area contributed by atoms with Crippen molar-refractivity contribution >= 4 is 5.69 Å². The maximum atomic E-state index is 5.82. The Morgan fingerprint density at radius 2 is 2.06 bits per heavy atom. The standard InChI is InChI=1S/C15H14NO/c1-2-6-12(7-3-1)13-10-16-14-8-4-5-9-15(14)17-11-13/h1-4,6-9,13,16H,10-11H2. The molecule has 0 saturated heterocycles. The Labute approximate surface area is 101 Å². The second kappa shape index (κ2) is 4.50. The Balaban J connectivity index is 1.82. The molecule has 1 aliphatic rings. The Kier molecular flexibility index (Phi) is 2.70. The van der Waals surface area contributed by atoms with Crippen molar-refractivity contribution in [1.29, 1.82) is 0 Å². The van der Waals surface area contributed by atoms with E-state index in [4.69, 9.17) is 4.74 Å². The molecule has 0 aliphatic carbocycles. The first-order valence-corrected chi connectivity index (χ1v) is 5.85. The van der Waals surface area contributed by atoms with Crippen molar-refractivity contribution < 1.29 is 4.74 Å². The minimum absolute atomic E-state index is 0.392. The highest BCUT2D eigenvalue weighted by Gasteiger charge is 2.17. The SMILES string of the molecule is [c]1ccc2c(c1)OCC(c1ccccc1)CN2. The Morgan fingerprint density at radius 3 is 2.94 bits per heavy atom. The summed E-state index contributed by atoms with van der Waals surface area (Å²) in [5, 5.41) is 3.43. The number of nitrogens with one attached hydrogen (secondary N) is 1.